The van der Waals surface area contributed by atoms with E-state index >= 15 is 0 Å². The molecule has 3 aliphatic heterocycles. The van der Waals surface area contributed by atoms with E-state index in [1.54, 1.807) is 73.1 Å². The van der Waals surface area contributed by atoms with Gasteiger partial charge in [0.05, 0.1) is 57.7 Å². The summed E-state index contributed by atoms with van der Waals surface area (Å²) in [5.41, 5.74) is 6.66. The number of likely N-dealkylation sites (tertiary alicyclic amines) is 1. The molecule has 0 aliphatic carbocycles. The molecule has 7 heterocycles. The summed E-state index contributed by atoms with van der Waals surface area (Å²) < 4.78 is 90.7. The average Bonchev–Trinajstić information content (AvgIpc) is 3.60. The molecule has 16 nitrogen and oxygen atoms in total. The van der Waals surface area contributed by atoms with Crippen molar-refractivity contribution in [2.45, 2.75) is 67.1 Å². The zero-order valence-electron chi connectivity index (χ0n) is 44.9. The molecule has 9 aromatic rings. The van der Waals surface area contributed by atoms with Crippen LogP contribution < -0.4 is 14.2 Å². The topological polar surface area (TPSA) is 181 Å². The minimum Gasteiger partial charge on any atom is -0.492 e. The third-order valence-corrected chi connectivity index (χ3v) is 19.7. The normalized spacial score (nSPS) is 16.4. The fourth-order valence-electron chi connectivity index (χ4n) is 10.9. The van der Waals surface area contributed by atoms with Crippen LogP contribution in [0.15, 0.2) is 162 Å². The molecule has 0 radical (unpaired) electrons. The fourth-order valence-corrected chi connectivity index (χ4v) is 15.2. The zero-order chi connectivity index (χ0) is 56.4. The number of rotatable bonds is 15. The van der Waals surface area contributed by atoms with Crippen molar-refractivity contribution in [3.63, 3.8) is 0 Å². The summed E-state index contributed by atoms with van der Waals surface area (Å²) in [6.45, 7) is 6.94. The quantitative estimate of drug-likeness (QED) is 0.0885. The number of benzene rings is 5. The van der Waals surface area contributed by atoms with E-state index in [2.05, 4.69) is 49.6 Å². The average molecular weight is 1250 g/mol. The number of aryl methyl sites for hydroxylation is 1. The molecule has 3 saturated heterocycles. The summed E-state index contributed by atoms with van der Waals surface area (Å²) in [5, 5.41) is 11.5. The second kappa shape index (κ2) is 23.7. The second-order valence-corrected chi connectivity index (χ2v) is 25.3. The molecule has 19 heteroatoms. The third-order valence-electron chi connectivity index (χ3n) is 15.2. The summed E-state index contributed by atoms with van der Waals surface area (Å²) in [6, 6.07) is 47.1. The standard InChI is InChI=1S/C63H57IN7O9S2/c1-42-6-5-9-53(34-42)82(74,75)70-58(37-56-54(18-25-66-62(56)70)44-12-16-59(46(35-44)39-65)79-50-21-29-76-30-22-50)43-10-14-49(15-11-43)78-33-28-69-27-20-48(41-69)68-40-47-36-45(13-17-60(47)80-51-23-31-77-32-24-51)55-19-26-67-63-57(55)38-61(64)71(63)81(72,73)52-7-3-2-4-8-52/h2-19,25-26,34-38,48,50-51H,20-24,27-33,41H2,1H3/q+1. The van der Waals surface area contributed by atoms with Crippen molar-refractivity contribution >= 4 is 64.7 Å². The van der Waals surface area contributed by atoms with Gasteiger partial charge in [0.25, 0.3) is 26.1 Å². The first-order valence-electron chi connectivity index (χ1n) is 27.3. The summed E-state index contributed by atoms with van der Waals surface area (Å²) in [7, 11) is -8.09. The van der Waals surface area contributed by atoms with Crippen LogP contribution in [0, 0.1) is 28.0 Å². The molecule has 0 N–H and O–H groups in total. The minimum absolute atomic E-state index is 0.0134. The van der Waals surface area contributed by atoms with Gasteiger partial charge in [0.1, 0.15) is 47.7 Å². The van der Waals surface area contributed by atoms with Crippen LogP contribution in [0.1, 0.15) is 48.8 Å². The van der Waals surface area contributed by atoms with Crippen LogP contribution >= 0.6 is 22.6 Å². The van der Waals surface area contributed by atoms with Crippen molar-refractivity contribution < 1.29 is 40.5 Å². The number of ether oxygens (including phenoxy) is 5. The van der Waals surface area contributed by atoms with E-state index in [0.717, 1.165) is 66.5 Å². The Morgan fingerprint density at radius 3 is 1.88 bits per heavy atom. The van der Waals surface area contributed by atoms with Crippen molar-refractivity contribution in [1.29, 1.82) is 5.26 Å². The lowest BCUT2D eigenvalue weighted by Gasteiger charge is -2.23. The van der Waals surface area contributed by atoms with Gasteiger partial charge in [0.2, 0.25) is 0 Å². The first kappa shape index (κ1) is 54.9. The van der Waals surface area contributed by atoms with E-state index in [1.807, 2.05) is 85.8 Å². The van der Waals surface area contributed by atoms with Gasteiger partial charge in [-0.25, -0.2) is 34.7 Å². The van der Waals surface area contributed by atoms with E-state index in [4.69, 9.17) is 28.5 Å². The first-order chi connectivity index (χ1) is 39.9. The maximum atomic E-state index is 14.8. The van der Waals surface area contributed by atoms with Crippen LogP contribution in [0.4, 0.5) is 0 Å². The summed E-state index contributed by atoms with van der Waals surface area (Å²) in [6.07, 6.45) is 7.03. The van der Waals surface area contributed by atoms with Crippen LogP contribution in [-0.4, -0.2) is 111 Å². The van der Waals surface area contributed by atoms with Crippen LogP contribution in [-0.2, 0) is 29.5 Å². The van der Waals surface area contributed by atoms with Crippen molar-refractivity contribution in [3.8, 4) is 62.9 Å². The highest BCUT2D eigenvalue weighted by Gasteiger charge is 2.31. The molecule has 0 amide bonds. The largest absolute Gasteiger partial charge is 0.492 e. The zero-order valence-corrected chi connectivity index (χ0v) is 48.6. The maximum absolute atomic E-state index is 14.8. The van der Waals surface area contributed by atoms with Crippen molar-refractivity contribution in [2.75, 3.05) is 52.7 Å². The molecule has 12 rings (SSSR count). The number of pyridine rings is 2. The molecule has 0 spiro atoms. The lowest BCUT2D eigenvalue weighted by molar-refractivity contribution is 0.0252. The smallest absolute Gasteiger partial charge is 0.315 e. The van der Waals surface area contributed by atoms with Gasteiger partial charge in [-0.2, -0.15) is 5.26 Å². The lowest BCUT2D eigenvalue weighted by Crippen LogP contribution is -2.26. The Hall–Kier alpha value is -7.63. The number of fused-ring (bicyclic) bond motifs is 2. The van der Waals surface area contributed by atoms with E-state index in [1.165, 1.54) is 7.94 Å². The van der Waals surface area contributed by atoms with Gasteiger partial charge in [0, 0.05) is 68.4 Å². The summed E-state index contributed by atoms with van der Waals surface area (Å²) in [4.78, 5) is 16.9. The predicted molar refractivity (Wildman–Crippen MR) is 322 cm³/mol. The SMILES string of the molecule is Cc1cccc(S(=O)(=O)n2c(-c3ccc(OCCN4CCC([N+]#Cc5cc(-c6ccnc7c6cc(I)n7S(=O)(=O)c6ccccc6)ccc5OC5CCOCC5)C4)cc3)cc3c(-c4ccc(OC5CCOCC5)c(C#N)c4)ccnc32)c1. The second-order valence-electron chi connectivity index (χ2n) is 20.6. The van der Waals surface area contributed by atoms with Crippen molar-refractivity contribution in [1.82, 2.24) is 22.8 Å². The monoisotopic (exact) mass is 1250 g/mol. The molecule has 0 bridgehead atoms. The molecule has 416 valence electrons. The molecule has 4 aromatic heterocycles. The van der Waals surface area contributed by atoms with Crippen molar-refractivity contribution in [3.05, 3.63) is 177 Å². The maximum Gasteiger partial charge on any atom is 0.315 e. The molecule has 3 aliphatic rings. The highest BCUT2D eigenvalue weighted by atomic mass is 127. The molecule has 1 atom stereocenters. The van der Waals surface area contributed by atoms with Crippen LogP contribution in [0.5, 0.6) is 17.2 Å². The Morgan fingerprint density at radius 1 is 0.646 bits per heavy atom. The van der Waals surface area contributed by atoms with Gasteiger partial charge in [0.15, 0.2) is 11.3 Å². The molecule has 1 unspecified atom stereocenters. The van der Waals surface area contributed by atoms with Crippen LogP contribution in [0.25, 0.3) is 60.4 Å². The molecule has 0 saturated carbocycles. The fraction of sp³-hybridized carbons (Fsp3) is 0.270. The molecule has 3 fully saturated rings. The van der Waals surface area contributed by atoms with Crippen LogP contribution in [0.2, 0.25) is 0 Å². The number of aromatic nitrogens is 4. The molecular weight excluding hydrogens is 1190 g/mol. The molecule has 82 heavy (non-hydrogen) atoms. The van der Waals surface area contributed by atoms with Gasteiger partial charge >= 0.3 is 6.07 Å². The summed E-state index contributed by atoms with van der Waals surface area (Å²) >= 11 is 2.06. The highest BCUT2D eigenvalue weighted by molar-refractivity contribution is 14.1. The Bertz CT molecular complexity index is 4200. The van der Waals surface area contributed by atoms with Crippen LogP contribution in [0.3, 0.4) is 0 Å². The van der Waals surface area contributed by atoms with Gasteiger partial charge < -0.3 is 23.7 Å². The van der Waals surface area contributed by atoms with E-state index in [0.29, 0.717) is 106 Å². The number of nitriles is 1. The van der Waals surface area contributed by atoms with Gasteiger partial charge in [-0.3, -0.25) is 4.90 Å². The number of halogens is 1. The minimum atomic E-state index is -4.17. The van der Waals surface area contributed by atoms with E-state index in [-0.39, 0.29) is 33.7 Å². The molecular formula is C63H57IN7O9S2+. The summed E-state index contributed by atoms with van der Waals surface area (Å²) in [5.74, 6) is 1.80. The van der Waals surface area contributed by atoms with E-state index in [9.17, 15) is 22.1 Å². The number of hydrogen-bond donors (Lipinski definition) is 0. The first-order valence-corrected chi connectivity index (χ1v) is 31.3. The third kappa shape index (κ3) is 11.3. The highest BCUT2D eigenvalue weighted by Crippen LogP contribution is 2.40. The lowest BCUT2D eigenvalue weighted by atomic mass is 10.0. The molecule has 5 aromatic carbocycles. The Balaban J connectivity index is 0.761. The Kier molecular flexibility index (Phi) is 15.9. The number of hydrogen-bond acceptors (Lipinski definition) is 13. The van der Waals surface area contributed by atoms with Gasteiger partial charge in [-0.15, -0.1) is 0 Å². The Morgan fingerprint density at radius 2 is 1.23 bits per heavy atom. The van der Waals surface area contributed by atoms with Crippen molar-refractivity contribution in [2.24, 2.45) is 0 Å². The van der Waals surface area contributed by atoms with E-state index < -0.39 is 20.0 Å². The number of nitrogens with zero attached hydrogens (tertiary/aromatic N) is 7. The predicted octanol–water partition coefficient (Wildman–Crippen LogP) is 11.6. The van der Waals surface area contributed by atoms with Gasteiger partial charge in [-0.05, 0) is 160 Å². The Labute approximate surface area is 489 Å². The van der Waals surface area contributed by atoms with Gasteiger partial charge in [-0.1, -0.05) is 47.3 Å².